The monoisotopic (exact) mass is 366 g/mol. The molecule has 2 N–H and O–H groups in total. The molecule has 2 heterocycles. The molecule has 1 aromatic carbocycles. The smallest absolute Gasteiger partial charge is 0.372 e. The Kier molecular flexibility index (Phi) is 5.43. The van der Waals surface area contributed by atoms with E-state index < -0.39 is 11.7 Å². The van der Waals surface area contributed by atoms with Gasteiger partial charge in [-0.05, 0) is 24.1 Å². The summed E-state index contributed by atoms with van der Waals surface area (Å²) in [6.07, 6.45) is -1.19. The van der Waals surface area contributed by atoms with E-state index in [4.69, 9.17) is 4.74 Å². The summed E-state index contributed by atoms with van der Waals surface area (Å²) < 4.78 is 43.6. The summed E-state index contributed by atoms with van der Waals surface area (Å²) in [4.78, 5) is 7.42. The van der Waals surface area contributed by atoms with Crippen LogP contribution in [-0.4, -0.2) is 35.3 Å². The number of hydrogen-bond donors (Lipinski definition) is 2. The van der Waals surface area contributed by atoms with Gasteiger partial charge in [0.05, 0.1) is 17.8 Å². The molecular weight excluding hydrogens is 345 g/mol. The third kappa shape index (κ3) is 4.50. The van der Waals surface area contributed by atoms with Crippen LogP contribution in [-0.2, 0) is 17.3 Å². The molecule has 0 unspecified atom stereocenters. The average molecular weight is 366 g/mol. The molecule has 26 heavy (non-hydrogen) atoms. The Labute approximate surface area is 150 Å². The van der Waals surface area contributed by atoms with Gasteiger partial charge in [0.1, 0.15) is 0 Å². The molecule has 8 heteroatoms. The minimum Gasteiger partial charge on any atom is -0.372 e. The van der Waals surface area contributed by atoms with Crippen LogP contribution in [0.5, 0.6) is 0 Å². The maximum Gasteiger partial charge on any atom is 0.419 e. The largest absolute Gasteiger partial charge is 0.419 e. The summed E-state index contributed by atoms with van der Waals surface area (Å²) in [5.41, 5.74) is 0.782. The van der Waals surface area contributed by atoms with Gasteiger partial charge in [-0.25, -0.2) is 9.97 Å². The van der Waals surface area contributed by atoms with Crippen molar-refractivity contribution < 1.29 is 17.9 Å². The number of nitrogens with zero attached hydrogens (tertiary/aromatic N) is 2. The Bertz CT molecular complexity index is 711. The lowest BCUT2D eigenvalue weighted by Crippen LogP contribution is -2.50. The molecule has 1 aliphatic heterocycles. The van der Waals surface area contributed by atoms with Crippen molar-refractivity contribution in [2.45, 2.75) is 31.5 Å². The maximum absolute atomic E-state index is 12.5. The minimum absolute atomic E-state index is 0.121. The summed E-state index contributed by atoms with van der Waals surface area (Å²) in [5, 5.41) is 6.28. The van der Waals surface area contributed by atoms with E-state index in [1.807, 2.05) is 24.3 Å². The first-order valence-electron chi connectivity index (χ1n) is 8.50. The fourth-order valence-electron chi connectivity index (χ4n) is 2.92. The van der Waals surface area contributed by atoms with Crippen molar-refractivity contribution in [3.63, 3.8) is 0 Å². The molecule has 1 atom stereocenters. The molecular formula is C18H21F3N4O. The van der Waals surface area contributed by atoms with E-state index in [-0.39, 0.29) is 11.5 Å². The molecule has 0 spiro atoms. The van der Waals surface area contributed by atoms with Crippen molar-refractivity contribution >= 4 is 11.6 Å². The predicted molar refractivity (Wildman–Crippen MR) is 92.3 cm³/mol. The zero-order valence-electron chi connectivity index (χ0n) is 14.4. The highest BCUT2D eigenvalue weighted by Crippen LogP contribution is 2.28. The van der Waals surface area contributed by atoms with Crippen LogP contribution in [0, 0.1) is 0 Å². The van der Waals surface area contributed by atoms with Crippen LogP contribution in [0.1, 0.15) is 24.5 Å². The molecule has 5 nitrogen and oxygen atoms in total. The second-order valence-electron chi connectivity index (χ2n) is 6.35. The number of morpholine rings is 1. The van der Waals surface area contributed by atoms with Crippen LogP contribution >= 0.6 is 0 Å². The first-order valence-corrected chi connectivity index (χ1v) is 8.50. The highest BCUT2D eigenvalue weighted by atomic mass is 19.4. The van der Waals surface area contributed by atoms with Crippen LogP contribution < -0.4 is 10.6 Å². The molecule has 1 saturated heterocycles. The molecule has 1 aliphatic rings. The van der Waals surface area contributed by atoms with Crippen molar-refractivity contribution in [2.24, 2.45) is 0 Å². The lowest BCUT2D eigenvalue weighted by molar-refractivity contribution is -0.138. The van der Waals surface area contributed by atoms with Gasteiger partial charge in [0.2, 0.25) is 5.95 Å². The van der Waals surface area contributed by atoms with Crippen LogP contribution in [0.25, 0.3) is 0 Å². The zero-order chi connectivity index (χ0) is 18.6. The SMILES string of the molecule is CC[C@@]1(Cc2ccc(Nc3ncc(C(F)(F)F)cn3)cc2)CNCCO1. The van der Waals surface area contributed by atoms with Gasteiger partial charge in [0.15, 0.2) is 0 Å². The van der Waals surface area contributed by atoms with E-state index in [1.54, 1.807) is 0 Å². The Morgan fingerprint density at radius 3 is 2.42 bits per heavy atom. The van der Waals surface area contributed by atoms with Gasteiger partial charge in [-0.15, -0.1) is 0 Å². The van der Waals surface area contributed by atoms with Crippen molar-refractivity contribution in [3.05, 3.63) is 47.8 Å². The van der Waals surface area contributed by atoms with Crippen LogP contribution in [0.15, 0.2) is 36.7 Å². The van der Waals surface area contributed by atoms with Gasteiger partial charge in [0.25, 0.3) is 0 Å². The van der Waals surface area contributed by atoms with Gasteiger partial charge < -0.3 is 15.4 Å². The standard InChI is InChI=1S/C18H21F3N4O/c1-2-17(12-22-7-8-26-17)9-13-3-5-15(6-4-13)25-16-23-10-14(11-24-16)18(19,20)21/h3-6,10-11,22H,2,7-9,12H2,1H3,(H,23,24,25)/t17-/m1/s1. The molecule has 1 fully saturated rings. The number of alkyl halides is 3. The fraction of sp³-hybridized carbons (Fsp3) is 0.444. The minimum atomic E-state index is -4.44. The Hall–Kier alpha value is -2.19. The topological polar surface area (TPSA) is 59.1 Å². The first-order chi connectivity index (χ1) is 12.4. The number of halogens is 3. The van der Waals surface area contributed by atoms with Gasteiger partial charge in [-0.2, -0.15) is 13.2 Å². The van der Waals surface area contributed by atoms with E-state index in [2.05, 4.69) is 27.5 Å². The highest BCUT2D eigenvalue weighted by Gasteiger charge is 2.32. The van der Waals surface area contributed by atoms with E-state index in [0.717, 1.165) is 43.9 Å². The normalized spacial score (nSPS) is 20.8. The van der Waals surface area contributed by atoms with Crippen LogP contribution in [0.3, 0.4) is 0 Å². The number of aromatic nitrogens is 2. The Morgan fingerprint density at radius 1 is 1.19 bits per heavy atom. The summed E-state index contributed by atoms with van der Waals surface area (Å²) in [6, 6.07) is 7.66. The summed E-state index contributed by atoms with van der Waals surface area (Å²) >= 11 is 0. The van der Waals surface area contributed by atoms with E-state index in [0.29, 0.717) is 12.3 Å². The first kappa shape index (κ1) is 18.6. The molecule has 0 saturated carbocycles. The lowest BCUT2D eigenvalue weighted by atomic mass is 9.90. The summed E-state index contributed by atoms with van der Waals surface area (Å²) in [5.74, 6) is 0.121. The highest BCUT2D eigenvalue weighted by molar-refractivity contribution is 5.53. The third-order valence-corrected chi connectivity index (χ3v) is 4.49. The summed E-state index contributed by atoms with van der Waals surface area (Å²) in [6.45, 7) is 4.52. The molecule has 1 aromatic heterocycles. The van der Waals surface area contributed by atoms with Gasteiger partial charge in [0, 0.05) is 37.6 Å². The van der Waals surface area contributed by atoms with Crippen molar-refractivity contribution in [3.8, 4) is 0 Å². The van der Waals surface area contributed by atoms with Crippen molar-refractivity contribution in [2.75, 3.05) is 25.0 Å². The van der Waals surface area contributed by atoms with Gasteiger partial charge in [-0.1, -0.05) is 19.1 Å². The predicted octanol–water partition coefficient (Wildman–Crippen LogP) is 3.55. The Balaban J connectivity index is 1.64. The number of anilines is 2. The quantitative estimate of drug-likeness (QED) is 0.848. The van der Waals surface area contributed by atoms with Gasteiger partial charge >= 0.3 is 6.18 Å². The van der Waals surface area contributed by atoms with Gasteiger partial charge in [-0.3, -0.25) is 0 Å². The number of ether oxygens (including phenoxy) is 1. The number of benzene rings is 1. The fourth-order valence-corrected chi connectivity index (χ4v) is 2.92. The maximum atomic E-state index is 12.5. The van der Waals surface area contributed by atoms with E-state index in [9.17, 15) is 13.2 Å². The summed E-state index contributed by atoms with van der Waals surface area (Å²) in [7, 11) is 0. The van der Waals surface area contributed by atoms with E-state index in [1.165, 1.54) is 0 Å². The second-order valence-corrected chi connectivity index (χ2v) is 6.35. The van der Waals surface area contributed by atoms with Crippen molar-refractivity contribution in [1.82, 2.24) is 15.3 Å². The third-order valence-electron chi connectivity index (χ3n) is 4.49. The lowest BCUT2D eigenvalue weighted by Gasteiger charge is -2.37. The molecule has 2 aromatic rings. The van der Waals surface area contributed by atoms with E-state index >= 15 is 0 Å². The van der Waals surface area contributed by atoms with Crippen LogP contribution in [0.2, 0.25) is 0 Å². The Morgan fingerprint density at radius 2 is 1.88 bits per heavy atom. The molecule has 140 valence electrons. The molecule has 3 rings (SSSR count). The molecule has 0 bridgehead atoms. The zero-order valence-corrected chi connectivity index (χ0v) is 14.4. The van der Waals surface area contributed by atoms with Crippen LogP contribution in [0.4, 0.5) is 24.8 Å². The number of hydrogen-bond acceptors (Lipinski definition) is 5. The molecule has 0 radical (unpaired) electrons. The second kappa shape index (κ2) is 7.59. The number of rotatable bonds is 5. The average Bonchev–Trinajstić information content (AvgIpc) is 2.64. The number of nitrogens with one attached hydrogen (secondary N) is 2. The molecule has 0 amide bonds. The molecule has 0 aliphatic carbocycles. The van der Waals surface area contributed by atoms with Crippen molar-refractivity contribution in [1.29, 1.82) is 0 Å².